The van der Waals surface area contributed by atoms with Gasteiger partial charge in [0.25, 0.3) is 0 Å². The van der Waals surface area contributed by atoms with Gasteiger partial charge in [-0.1, -0.05) is 76.3 Å². The van der Waals surface area contributed by atoms with Gasteiger partial charge in [0.05, 0.1) is 5.71 Å². The Morgan fingerprint density at radius 2 is 1.86 bits per heavy atom. The van der Waals surface area contributed by atoms with Gasteiger partial charge >= 0.3 is 0 Å². The van der Waals surface area contributed by atoms with Gasteiger partial charge in [-0.2, -0.15) is 0 Å². The van der Waals surface area contributed by atoms with Crippen molar-refractivity contribution in [2.45, 2.75) is 12.0 Å². The molecule has 4 heteroatoms. The van der Waals surface area contributed by atoms with E-state index in [1.807, 2.05) is 30.3 Å². The fraction of sp³-hybridized carbons (Fsp3) is 0.167. The third-order valence-corrected chi connectivity index (χ3v) is 4.17. The summed E-state index contributed by atoms with van der Waals surface area (Å²) in [5.74, 6) is -0.248. The maximum Gasteiger partial charge on any atom is 0.186 e. The quantitative estimate of drug-likeness (QED) is 0.404. The van der Waals surface area contributed by atoms with Gasteiger partial charge in [-0.05, 0) is 23.8 Å². The van der Waals surface area contributed by atoms with Crippen molar-refractivity contribution in [2.24, 2.45) is 5.16 Å². The van der Waals surface area contributed by atoms with Crippen LogP contribution in [0, 0.1) is 5.82 Å². The number of halogens is 2. The minimum Gasteiger partial charge on any atom is -0.379 e. The molecule has 0 spiro atoms. The normalized spacial score (nSPS) is 20.9. The van der Waals surface area contributed by atoms with E-state index in [9.17, 15) is 4.39 Å². The maximum absolute atomic E-state index is 13.1. The molecular weight excluding hydrogens is 392 g/mol. The van der Waals surface area contributed by atoms with E-state index in [-0.39, 0.29) is 5.82 Å². The molecule has 0 fully saturated rings. The molecule has 2 aromatic rings. The molecule has 2 nitrogen and oxygen atoms in total. The summed E-state index contributed by atoms with van der Waals surface area (Å²) in [6, 6.07) is 16.4. The van der Waals surface area contributed by atoms with E-state index in [4.69, 9.17) is 4.84 Å². The van der Waals surface area contributed by atoms with Crippen molar-refractivity contribution in [1.82, 2.24) is 0 Å². The molecule has 22 heavy (non-hydrogen) atoms. The lowest BCUT2D eigenvalue weighted by Gasteiger charge is -2.23. The lowest BCUT2D eigenvalue weighted by atomic mass is 9.87. The molecule has 3 rings (SSSR count). The summed E-state index contributed by atoms with van der Waals surface area (Å²) < 4.78 is 14.0. The molecule has 0 radical (unpaired) electrons. The molecule has 112 valence electrons. The Bertz CT molecular complexity index is 697. The molecule has 0 bridgehead atoms. The van der Waals surface area contributed by atoms with Gasteiger partial charge in [0.1, 0.15) is 5.82 Å². The van der Waals surface area contributed by atoms with Crippen LogP contribution in [0.2, 0.25) is 0 Å². The summed E-state index contributed by atoms with van der Waals surface area (Å²) >= 11 is 2.30. The molecule has 0 unspecified atom stereocenters. The molecule has 1 aliphatic heterocycles. The van der Waals surface area contributed by atoms with E-state index in [1.165, 1.54) is 12.1 Å². The van der Waals surface area contributed by atoms with Crippen LogP contribution in [0.1, 0.15) is 17.5 Å². The van der Waals surface area contributed by atoms with Gasteiger partial charge in [0, 0.05) is 16.4 Å². The van der Waals surface area contributed by atoms with Crippen LogP contribution in [0.15, 0.2) is 71.9 Å². The standard InChI is InChI=1S/C18H15FINO/c19-16-9-7-14(8-10-16)17-13-18(22-21-17,11-4-12-20)15-5-2-1-3-6-15/h1-11H,12-13H2/b11-4+/t18-/m0/s1. The minimum absolute atomic E-state index is 0.248. The number of oxime groups is 1. The third-order valence-electron chi connectivity index (χ3n) is 3.66. The Morgan fingerprint density at radius 3 is 2.55 bits per heavy atom. The molecule has 0 saturated heterocycles. The van der Waals surface area contributed by atoms with E-state index >= 15 is 0 Å². The Hall–Kier alpha value is -1.69. The van der Waals surface area contributed by atoms with Crippen LogP contribution < -0.4 is 0 Å². The average Bonchev–Trinajstić information content (AvgIpc) is 3.00. The Labute approximate surface area is 142 Å². The Balaban J connectivity index is 1.92. The Morgan fingerprint density at radius 1 is 1.14 bits per heavy atom. The second-order valence-corrected chi connectivity index (χ2v) is 6.01. The second-order valence-electron chi connectivity index (χ2n) is 5.13. The van der Waals surface area contributed by atoms with Crippen LogP contribution in [-0.4, -0.2) is 10.1 Å². The first-order chi connectivity index (χ1) is 10.7. The first kappa shape index (κ1) is 15.2. The maximum atomic E-state index is 13.1. The molecule has 0 saturated carbocycles. The van der Waals surface area contributed by atoms with Gasteiger partial charge in [0.15, 0.2) is 5.60 Å². The number of rotatable bonds is 4. The topological polar surface area (TPSA) is 21.6 Å². The van der Waals surface area contributed by atoms with Crippen LogP contribution >= 0.6 is 22.6 Å². The first-order valence-corrected chi connectivity index (χ1v) is 8.56. The van der Waals surface area contributed by atoms with Crippen molar-refractivity contribution in [2.75, 3.05) is 4.43 Å². The SMILES string of the molecule is Fc1ccc(C2=NO[C@](/C=C/CI)(c3ccccc3)C2)cc1. The highest BCUT2D eigenvalue weighted by Gasteiger charge is 2.38. The zero-order valence-electron chi connectivity index (χ0n) is 11.9. The highest BCUT2D eigenvalue weighted by molar-refractivity contribution is 14.1. The number of allylic oxidation sites excluding steroid dienone is 1. The number of hydrogen-bond donors (Lipinski definition) is 0. The van der Waals surface area contributed by atoms with E-state index in [2.05, 4.69) is 39.9 Å². The van der Waals surface area contributed by atoms with Gasteiger partial charge in [-0.3, -0.25) is 0 Å². The van der Waals surface area contributed by atoms with Crippen molar-refractivity contribution in [1.29, 1.82) is 0 Å². The zero-order chi connectivity index (χ0) is 15.4. The number of nitrogens with zero attached hydrogens (tertiary/aromatic N) is 1. The largest absolute Gasteiger partial charge is 0.379 e. The van der Waals surface area contributed by atoms with E-state index in [0.29, 0.717) is 6.42 Å². The van der Waals surface area contributed by atoms with Crippen molar-refractivity contribution >= 4 is 28.3 Å². The smallest absolute Gasteiger partial charge is 0.186 e. The molecule has 1 heterocycles. The highest BCUT2D eigenvalue weighted by atomic mass is 127. The van der Waals surface area contributed by atoms with E-state index < -0.39 is 5.60 Å². The molecule has 1 aliphatic rings. The molecule has 2 aromatic carbocycles. The van der Waals surface area contributed by atoms with Crippen LogP contribution in [0.5, 0.6) is 0 Å². The zero-order valence-corrected chi connectivity index (χ0v) is 14.0. The molecule has 0 aromatic heterocycles. The second kappa shape index (κ2) is 6.60. The molecular formula is C18H15FINO. The van der Waals surface area contributed by atoms with Gasteiger partial charge in [-0.15, -0.1) is 0 Å². The van der Waals surface area contributed by atoms with E-state index in [1.54, 1.807) is 12.1 Å². The summed E-state index contributed by atoms with van der Waals surface area (Å²) in [4.78, 5) is 5.83. The lowest BCUT2D eigenvalue weighted by molar-refractivity contribution is 0.0177. The predicted molar refractivity (Wildman–Crippen MR) is 94.8 cm³/mol. The average molecular weight is 407 g/mol. The Kier molecular flexibility index (Phi) is 4.57. The lowest BCUT2D eigenvalue weighted by Crippen LogP contribution is -2.23. The summed E-state index contributed by atoms with van der Waals surface area (Å²) in [6.45, 7) is 0. The molecule has 0 N–H and O–H groups in total. The summed E-state index contributed by atoms with van der Waals surface area (Å²) in [5, 5.41) is 4.26. The van der Waals surface area contributed by atoms with Crippen molar-refractivity contribution < 1.29 is 9.23 Å². The van der Waals surface area contributed by atoms with Crippen LogP contribution in [-0.2, 0) is 10.4 Å². The monoisotopic (exact) mass is 407 g/mol. The summed E-state index contributed by atoms with van der Waals surface area (Å²) in [6.07, 6.45) is 4.78. The minimum atomic E-state index is -0.573. The first-order valence-electron chi connectivity index (χ1n) is 7.04. The number of alkyl halides is 1. The summed E-state index contributed by atoms with van der Waals surface area (Å²) in [7, 11) is 0. The van der Waals surface area contributed by atoms with Crippen LogP contribution in [0.25, 0.3) is 0 Å². The van der Waals surface area contributed by atoms with Crippen LogP contribution in [0.4, 0.5) is 4.39 Å². The van der Waals surface area contributed by atoms with Crippen molar-refractivity contribution in [3.63, 3.8) is 0 Å². The number of benzene rings is 2. The van der Waals surface area contributed by atoms with Gasteiger partial charge in [-0.25, -0.2) is 4.39 Å². The fourth-order valence-electron chi connectivity index (χ4n) is 2.54. The van der Waals surface area contributed by atoms with Crippen LogP contribution in [0.3, 0.4) is 0 Å². The molecule has 0 aliphatic carbocycles. The fourth-order valence-corrected chi connectivity index (χ4v) is 2.80. The highest BCUT2D eigenvalue weighted by Crippen LogP contribution is 2.37. The predicted octanol–water partition coefficient (Wildman–Crippen LogP) is 4.84. The number of hydrogen-bond acceptors (Lipinski definition) is 2. The van der Waals surface area contributed by atoms with Crippen molar-refractivity contribution in [3.8, 4) is 0 Å². The van der Waals surface area contributed by atoms with Gasteiger partial charge < -0.3 is 4.84 Å². The molecule has 0 amide bonds. The van der Waals surface area contributed by atoms with Gasteiger partial charge in [0.2, 0.25) is 0 Å². The molecule has 1 atom stereocenters. The van der Waals surface area contributed by atoms with E-state index in [0.717, 1.165) is 21.3 Å². The summed E-state index contributed by atoms with van der Waals surface area (Å²) in [5.41, 5.74) is 2.22. The third kappa shape index (κ3) is 3.06. The van der Waals surface area contributed by atoms with Crippen molar-refractivity contribution in [3.05, 3.63) is 83.7 Å².